The van der Waals surface area contributed by atoms with E-state index < -0.39 is 0 Å². The predicted octanol–water partition coefficient (Wildman–Crippen LogP) is 2.09. The Hall–Kier alpha value is -0.120. The number of hydrogen-bond donors (Lipinski definition) is 1. The lowest BCUT2D eigenvalue weighted by Gasteiger charge is -2.42. The fourth-order valence-corrected chi connectivity index (χ4v) is 3.03. The van der Waals surface area contributed by atoms with Crippen LogP contribution in [0.25, 0.3) is 0 Å². The van der Waals surface area contributed by atoms with E-state index in [0.29, 0.717) is 6.04 Å². The van der Waals surface area contributed by atoms with Crippen LogP contribution in [0.3, 0.4) is 0 Å². The first kappa shape index (κ1) is 12.3. The molecular weight excluding hydrogens is 202 g/mol. The first-order valence-electron chi connectivity index (χ1n) is 6.62. The molecule has 94 valence electrons. The van der Waals surface area contributed by atoms with Crippen LogP contribution in [-0.4, -0.2) is 32.0 Å². The minimum Gasteiger partial charge on any atom is -0.381 e. The van der Waals surface area contributed by atoms with Crippen molar-refractivity contribution >= 4 is 0 Å². The zero-order valence-corrected chi connectivity index (χ0v) is 10.4. The van der Waals surface area contributed by atoms with Crippen molar-refractivity contribution in [2.45, 2.75) is 56.6 Å². The molecule has 1 heterocycles. The highest BCUT2D eigenvalue weighted by Gasteiger charge is 2.38. The molecule has 1 unspecified atom stereocenters. The molecule has 1 aliphatic heterocycles. The summed E-state index contributed by atoms with van der Waals surface area (Å²) in [7, 11) is 1.83. The Morgan fingerprint density at radius 1 is 1.38 bits per heavy atom. The van der Waals surface area contributed by atoms with Crippen LogP contribution in [0.2, 0.25) is 0 Å². The van der Waals surface area contributed by atoms with Gasteiger partial charge in [-0.05, 0) is 50.9 Å². The quantitative estimate of drug-likeness (QED) is 0.782. The Kier molecular flexibility index (Phi) is 4.22. The molecule has 16 heavy (non-hydrogen) atoms. The number of rotatable bonds is 5. The second-order valence-electron chi connectivity index (χ2n) is 5.50. The summed E-state index contributed by atoms with van der Waals surface area (Å²) in [5.74, 6) is 0.776. The van der Waals surface area contributed by atoms with E-state index in [1.54, 1.807) is 0 Å². The number of methoxy groups -OCH3 is 1. The predicted molar refractivity (Wildman–Crippen MR) is 64.3 cm³/mol. The molecule has 0 aromatic heterocycles. The average Bonchev–Trinajstić information content (AvgIpc) is 2.25. The molecule has 0 aromatic rings. The van der Waals surface area contributed by atoms with Gasteiger partial charge in [-0.3, -0.25) is 0 Å². The molecule has 2 aliphatic rings. The minimum atomic E-state index is 0.130. The van der Waals surface area contributed by atoms with Gasteiger partial charge < -0.3 is 15.2 Å². The van der Waals surface area contributed by atoms with Gasteiger partial charge in [0.15, 0.2) is 0 Å². The summed E-state index contributed by atoms with van der Waals surface area (Å²) in [6.45, 7) is 1.85. The molecule has 1 saturated heterocycles. The van der Waals surface area contributed by atoms with Crippen LogP contribution in [0.4, 0.5) is 0 Å². The van der Waals surface area contributed by atoms with E-state index in [1.165, 1.54) is 32.1 Å². The molecule has 2 fully saturated rings. The van der Waals surface area contributed by atoms with Gasteiger partial charge in [0.1, 0.15) is 0 Å². The fourth-order valence-electron chi connectivity index (χ4n) is 3.03. The molecule has 0 bridgehead atoms. The van der Waals surface area contributed by atoms with Crippen molar-refractivity contribution in [1.29, 1.82) is 0 Å². The largest absolute Gasteiger partial charge is 0.381 e. The smallest absolute Gasteiger partial charge is 0.0693 e. The molecule has 0 spiro atoms. The van der Waals surface area contributed by atoms with Crippen molar-refractivity contribution in [1.82, 2.24) is 0 Å². The minimum absolute atomic E-state index is 0.130. The molecule has 1 aliphatic carbocycles. The summed E-state index contributed by atoms with van der Waals surface area (Å²) in [4.78, 5) is 0. The highest BCUT2D eigenvalue weighted by molar-refractivity contribution is 4.92. The van der Waals surface area contributed by atoms with Gasteiger partial charge >= 0.3 is 0 Å². The van der Waals surface area contributed by atoms with E-state index in [9.17, 15) is 0 Å². The third kappa shape index (κ3) is 2.96. The maximum atomic E-state index is 6.25. The molecule has 0 aromatic carbocycles. The zero-order chi connectivity index (χ0) is 11.4. The molecule has 0 amide bonds. The maximum Gasteiger partial charge on any atom is 0.0693 e. The molecule has 2 rings (SSSR count). The second-order valence-corrected chi connectivity index (χ2v) is 5.50. The van der Waals surface area contributed by atoms with Crippen LogP contribution in [0, 0.1) is 5.92 Å². The summed E-state index contributed by atoms with van der Waals surface area (Å²) < 4.78 is 11.0. The Bertz CT molecular complexity index is 204. The number of ether oxygens (including phenoxy) is 2. The molecule has 1 atom stereocenters. The first-order valence-corrected chi connectivity index (χ1v) is 6.62. The Morgan fingerprint density at radius 3 is 2.56 bits per heavy atom. The van der Waals surface area contributed by atoms with Crippen molar-refractivity contribution in [3.63, 3.8) is 0 Å². The molecule has 0 radical (unpaired) electrons. The Balaban J connectivity index is 1.72. The SMILES string of the molecule is COC1(CC(N)CC2CCOCC2)CCC1. The number of hydrogen-bond acceptors (Lipinski definition) is 3. The van der Waals surface area contributed by atoms with E-state index in [4.69, 9.17) is 15.2 Å². The third-order valence-electron chi connectivity index (χ3n) is 4.31. The lowest BCUT2D eigenvalue weighted by Crippen LogP contribution is -2.45. The lowest BCUT2D eigenvalue weighted by atomic mass is 9.74. The van der Waals surface area contributed by atoms with Gasteiger partial charge in [-0.2, -0.15) is 0 Å². The zero-order valence-electron chi connectivity index (χ0n) is 10.4. The molecular formula is C13H25NO2. The van der Waals surface area contributed by atoms with Gasteiger partial charge in [0.2, 0.25) is 0 Å². The molecule has 3 heteroatoms. The van der Waals surface area contributed by atoms with Gasteiger partial charge in [-0.15, -0.1) is 0 Å². The van der Waals surface area contributed by atoms with Gasteiger partial charge in [-0.25, -0.2) is 0 Å². The van der Waals surface area contributed by atoms with Gasteiger partial charge in [-0.1, -0.05) is 0 Å². The van der Waals surface area contributed by atoms with Crippen molar-refractivity contribution < 1.29 is 9.47 Å². The molecule has 3 nitrogen and oxygen atoms in total. The third-order valence-corrected chi connectivity index (χ3v) is 4.31. The van der Waals surface area contributed by atoms with E-state index in [2.05, 4.69) is 0 Å². The van der Waals surface area contributed by atoms with Gasteiger partial charge in [0, 0.05) is 26.4 Å². The van der Waals surface area contributed by atoms with E-state index in [-0.39, 0.29) is 5.60 Å². The summed E-state index contributed by atoms with van der Waals surface area (Å²) in [5, 5.41) is 0. The van der Waals surface area contributed by atoms with Crippen LogP contribution in [-0.2, 0) is 9.47 Å². The molecule has 1 saturated carbocycles. The van der Waals surface area contributed by atoms with Crippen LogP contribution in [0.1, 0.15) is 44.9 Å². The summed E-state index contributed by atoms with van der Waals surface area (Å²) in [5.41, 5.74) is 6.38. The van der Waals surface area contributed by atoms with Crippen LogP contribution in [0.15, 0.2) is 0 Å². The van der Waals surface area contributed by atoms with Gasteiger partial charge in [0.25, 0.3) is 0 Å². The van der Waals surface area contributed by atoms with E-state index in [0.717, 1.165) is 32.0 Å². The monoisotopic (exact) mass is 227 g/mol. The topological polar surface area (TPSA) is 44.5 Å². The van der Waals surface area contributed by atoms with Crippen molar-refractivity contribution in [3.8, 4) is 0 Å². The second kappa shape index (κ2) is 5.48. The summed E-state index contributed by atoms with van der Waals surface area (Å²) in [6.07, 6.45) is 8.27. The highest BCUT2D eigenvalue weighted by atomic mass is 16.5. The highest BCUT2D eigenvalue weighted by Crippen LogP contribution is 2.39. The Labute approximate surface area is 98.7 Å². The normalized spacial score (nSPS) is 27.4. The van der Waals surface area contributed by atoms with Crippen LogP contribution >= 0.6 is 0 Å². The lowest BCUT2D eigenvalue weighted by molar-refractivity contribution is -0.0830. The van der Waals surface area contributed by atoms with Crippen LogP contribution in [0.5, 0.6) is 0 Å². The van der Waals surface area contributed by atoms with E-state index in [1.807, 2.05) is 7.11 Å². The van der Waals surface area contributed by atoms with E-state index >= 15 is 0 Å². The maximum absolute atomic E-state index is 6.25. The summed E-state index contributed by atoms with van der Waals surface area (Å²) in [6, 6.07) is 0.309. The van der Waals surface area contributed by atoms with Crippen LogP contribution < -0.4 is 5.73 Å². The Morgan fingerprint density at radius 2 is 2.06 bits per heavy atom. The summed E-state index contributed by atoms with van der Waals surface area (Å²) >= 11 is 0. The van der Waals surface area contributed by atoms with Crippen molar-refractivity contribution in [2.75, 3.05) is 20.3 Å². The van der Waals surface area contributed by atoms with Gasteiger partial charge in [0.05, 0.1) is 5.60 Å². The first-order chi connectivity index (χ1) is 7.74. The average molecular weight is 227 g/mol. The standard InChI is InChI=1S/C13H25NO2/c1-15-13(5-2-6-13)10-12(14)9-11-3-7-16-8-4-11/h11-12H,2-10,14H2,1H3. The number of nitrogens with two attached hydrogens (primary N) is 1. The van der Waals surface area contributed by atoms with Crippen molar-refractivity contribution in [2.24, 2.45) is 11.7 Å². The fraction of sp³-hybridized carbons (Fsp3) is 1.00. The molecule has 2 N–H and O–H groups in total. The van der Waals surface area contributed by atoms with Crippen molar-refractivity contribution in [3.05, 3.63) is 0 Å².